The van der Waals surface area contributed by atoms with Crippen LogP contribution in [0, 0.1) is 10.1 Å². The van der Waals surface area contributed by atoms with Crippen molar-refractivity contribution in [3.05, 3.63) is 58.1 Å². The summed E-state index contributed by atoms with van der Waals surface area (Å²) in [5, 5.41) is 14.1. The summed E-state index contributed by atoms with van der Waals surface area (Å²) in [6.45, 7) is 3.57. The van der Waals surface area contributed by atoms with Gasteiger partial charge in [0.05, 0.1) is 17.2 Å². The number of nitrogens with zero attached hydrogens (tertiary/aromatic N) is 2. The number of fused-ring (bicyclic) bond motifs is 1. The number of benzene rings is 2. The predicted octanol–water partition coefficient (Wildman–Crippen LogP) is 2.58. The fraction of sp³-hybridized carbons (Fsp3) is 0.417. The molecule has 2 aliphatic heterocycles. The van der Waals surface area contributed by atoms with Gasteiger partial charge in [0.25, 0.3) is 11.6 Å². The summed E-state index contributed by atoms with van der Waals surface area (Å²) in [6.07, 6.45) is 1.49. The number of anilines is 1. The molecule has 0 saturated carbocycles. The maximum Gasteiger partial charge on any atom is 0.271 e. The first-order chi connectivity index (χ1) is 16.4. The van der Waals surface area contributed by atoms with Crippen molar-refractivity contribution in [2.75, 3.05) is 44.4 Å². The van der Waals surface area contributed by atoms with Crippen molar-refractivity contribution < 1.29 is 28.7 Å². The quantitative estimate of drug-likeness (QED) is 0.466. The molecule has 0 atom stereocenters. The van der Waals surface area contributed by atoms with E-state index in [1.54, 1.807) is 0 Å². The van der Waals surface area contributed by atoms with Crippen molar-refractivity contribution in [3.63, 3.8) is 0 Å². The van der Waals surface area contributed by atoms with Gasteiger partial charge in [-0.1, -0.05) is 12.1 Å². The van der Waals surface area contributed by atoms with Gasteiger partial charge in [0.1, 0.15) is 18.0 Å². The number of carbonyl (C=O) groups is 2. The number of hydrogen-bond donors (Lipinski definition) is 1. The lowest BCUT2D eigenvalue weighted by molar-refractivity contribution is -0.384. The molecule has 2 heterocycles. The van der Waals surface area contributed by atoms with Gasteiger partial charge < -0.3 is 19.5 Å². The van der Waals surface area contributed by atoms with Crippen molar-refractivity contribution in [1.29, 1.82) is 0 Å². The van der Waals surface area contributed by atoms with Gasteiger partial charge in [-0.3, -0.25) is 24.6 Å². The van der Waals surface area contributed by atoms with Gasteiger partial charge in [-0.15, -0.1) is 0 Å². The first kappa shape index (κ1) is 23.5. The zero-order valence-corrected chi connectivity index (χ0v) is 19.0. The van der Waals surface area contributed by atoms with Crippen LogP contribution in [0.3, 0.4) is 0 Å². The SMILES string of the molecule is CCOc1ccc(C2(CNC(=O)CN3C(=O)COc4ccc([N+](=O)[O-])cc43)CCOCC2)cc1. The van der Waals surface area contributed by atoms with E-state index in [1.807, 2.05) is 31.2 Å². The average molecular weight is 469 g/mol. The van der Waals surface area contributed by atoms with E-state index in [2.05, 4.69) is 5.32 Å². The lowest BCUT2D eigenvalue weighted by Crippen LogP contribution is -2.49. The monoisotopic (exact) mass is 469 g/mol. The molecule has 0 spiro atoms. The Morgan fingerprint density at radius 1 is 1.21 bits per heavy atom. The molecular weight excluding hydrogens is 442 g/mol. The largest absolute Gasteiger partial charge is 0.494 e. The first-order valence-electron chi connectivity index (χ1n) is 11.2. The molecule has 10 heteroatoms. The lowest BCUT2D eigenvalue weighted by Gasteiger charge is -2.38. The minimum Gasteiger partial charge on any atom is -0.494 e. The highest BCUT2D eigenvalue weighted by molar-refractivity contribution is 6.02. The van der Waals surface area contributed by atoms with E-state index in [0.717, 1.165) is 24.2 Å². The van der Waals surface area contributed by atoms with E-state index in [-0.39, 0.29) is 35.8 Å². The van der Waals surface area contributed by atoms with Gasteiger partial charge >= 0.3 is 0 Å². The molecule has 1 fully saturated rings. The van der Waals surface area contributed by atoms with Gasteiger partial charge in [0, 0.05) is 37.3 Å². The molecule has 0 radical (unpaired) electrons. The predicted molar refractivity (Wildman–Crippen MR) is 123 cm³/mol. The summed E-state index contributed by atoms with van der Waals surface area (Å²) < 4.78 is 16.5. The molecule has 0 unspecified atom stereocenters. The van der Waals surface area contributed by atoms with E-state index in [1.165, 1.54) is 23.1 Å². The molecule has 2 aliphatic rings. The van der Waals surface area contributed by atoms with Gasteiger partial charge in [-0.25, -0.2) is 0 Å². The van der Waals surface area contributed by atoms with Crippen LogP contribution in [0.25, 0.3) is 0 Å². The van der Waals surface area contributed by atoms with Gasteiger partial charge in [-0.2, -0.15) is 0 Å². The summed E-state index contributed by atoms with van der Waals surface area (Å²) in [5.74, 6) is 0.323. The maximum atomic E-state index is 12.9. The number of amides is 2. The molecule has 180 valence electrons. The van der Waals surface area contributed by atoms with Crippen molar-refractivity contribution in [2.45, 2.75) is 25.2 Å². The highest BCUT2D eigenvalue weighted by Crippen LogP contribution is 2.36. The van der Waals surface area contributed by atoms with Crippen LogP contribution in [-0.2, 0) is 19.7 Å². The maximum absolute atomic E-state index is 12.9. The molecule has 1 saturated heterocycles. The molecule has 34 heavy (non-hydrogen) atoms. The van der Waals surface area contributed by atoms with Crippen LogP contribution in [0.5, 0.6) is 11.5 Å². The van der Waals surface area contributed by atoms with Crippen molar-refractivity contribution in [2.24, 2.45) is 0 Å². The van der Waals surface area contributed by atoms with Crippen LogP contribution in [0.1, 0.15) is 25.3 Å². The third kappa shape index (κ3) is 4.96. The molecular formula is C24H27N3O7. The Hall–Kier alpha value is -3.66. The van der Waals surface area contributed by atoms with Crippen molar-refractivity contribution >= 4 is 23.2 Å². The summed E-state index contributed by atoms with van der Waals surface area (Å²) in [7, 11) is 0. The number of ether oxygens (including phenoxy) is 3. The Bertz CT molecular complexity index is 1060. The van der Waals surface area contributed by atoms with Gasteiger partial charge in [0.15, 0.2) is 6.61 Å². The smallest absolute Gasteiger partial charge is 0.271 e. The van der Waals surface area contributed by atoms with E-state index >= 15 is 0 Å². The summed E-state index contributed by atoms with van der Waals surface area (Å²) in [5.41, 5.74) is 0.819. The van der Waals surface area contributed by atoms with Gasteiger partial charge in [0.2, 0.25) is 5.91 Å². The van der Waals surface area contributed by atoms with Crippen LogP contribution in [-0.4, -0.2) is 56.3 Å². The summed E-state index contributed by atoms with van der Waals surface area (Å²) in [4.78, 5) is 37.2. The zero-order valence-electron chi connectivity index (χ0n) is 19.0. The Balaban J connectivity index is 1.48. The molecule has 0 aliphatic carbocycles. The van der Waals surface area contributed by atoms with E-state index in [9.17, 15) is 19.7 Å². The number of non-ortho nitro benzene ring substituents is 1. The molecule has 0 aromatic heterocycles. The third-order valence-corrected chi connectivity index (χ3v) is 6.25. The minimum atomic E-state index is -0.552. The molecule has 2 amide bonds. The Kier molecular flexibility index (Phi) is 6.97. The first-order valence-corrected chi connectivity index (χ1v) is 11.2. The third-order valence-electron chi connectivity index (χ3n) is 6.25. The molecule has 10 nitrogen and oxygen atoms in total. The summed E-state index contributed by atoms with van der Waals surface area (Å²) >= 11 is 0. The molecule has 2 aromatic rings. The highest BCUT2D eigenvalue weighted by atomic mass is 16.6. The normalized spacial score (nSPS) is 16.9. The summed E-state index contributed by atoms with van der Waals surface area (Å²) in [6, 6.07) is 11.9. The number of nitrogens with one attached hydrogen (secondary N) is 1. The van der Waals surface area contributed by atoms with Crippen LogP contribution in [0.4, 0.5) is 11.4 Å². The number of rotatable bonds is 8. The van der Waals surface area contributed by atoms with E-state index in [0.29, 0.717) is 32.1 Å². The average Bonchev–Trinajstić information content (AvgIpc) is 2.85. The Labute approximate surface area is 196 Å². The van der Waals surface area contributed by atoms with E-state index in [4.69, 9.17) is 14.2 Å². The second kappa shape index (κ2) is 10.1. The minimum absolute atomic E-state index is 0.181. The fourth-order valence-corrected chi connectivity index (χ4v) is 4.35. The number of carbonyl (C=O) groups excluding carboxylic acids is 2. The van der Waals surface area contributed by atoms with Crippen LogP contribution in [0.15, 0.2) is 42.5 Å². The second-order valence-electron chi connectivity index (χ2n) is 8.30. The van der Waals surface area contributed by atoms with Gasteiger partial charge in [-0.05, 0) is 43.5 Å². The number of hydrogen-bond acceptors (Lipinski definition) is 7. The van der Waals surface area contributed by atoms with Crippen LogP contribution >= 0.6 is 0 Å². The van der Waals surface area contributed by atoms with Crippen molar-refractivity contribution in [1.82, 2.24) is 5.32 Å². The number of nitro benzene ring substituents is 1. The van der Waals surface area contributed by atoms with Crippen LogP contribution in [0.2, 0.25) is 0 Å². The standard InChI is InChI=1S/C24H27N3O7/c1-2-33-19-6-3-17(4-7-19)24(9-11-32-12-10-24)16-25-22(28)14-26-20-13-18(27(30)31)5-8-21(20)34-15-23(26)29/h3-8,13H,2,9-12,14-16H2,1H3,(H,25,28). The lowest BCUT2D eigenvalue weighted by atomic mass is 9.74. The highest BCUT2D eigenvalue weighted by Gasteiger charge is 2.36. The Morgan fingerprint density at radius 2 is 1.94 bits per heavy atom. The van der Waals surface area contributed by atoms with Crippen molar-refractivity contribution in [3.8, 4) is 11.5 Å². The molecule has 4 rings (SSSR count). The Morgan fingerprint density at radius 3 is 2.62 bits per heavy atom. The molecule has 2 aromatic carbocycles. The number of nitro groups is 1. The zero-order chi connectivity index (χ0) is 24.1. The topological polar surface area (TPSA) is 120 Å². The molecule has 0 bridgehead atoms. The molecule has 1 N–H and O–H groups in total. The van der Waals surface area contributed by atoms with Crippen LogP contribution < -0.4 is 19.7 Å². The fourth-order valence-electron chi connectivity index (χ4n) is 4.35. The van der Waals surface area contributed by atoms with E-state index < -0.39 is 10.8 Å². The second-order valence-corrected chi connectivity index (χ2v) is 8.30.